The predicted octanol–water partition coefficient (Wildman–Crippen LogP) is 3.11. The van der Waals surface area contributed by atoms with Crippen LogP contribution in [0.2, 0.25) is 5.02 Å². The Morgan fingerprint density at radius 3 is 2.87 bits per heavy atom. The summed E-state index contributed by atoms with van der Waals surface area (Å²) in [4.78, 5) is 36.0. The van der Waals surface area contributed by atoms with Gasteiger partial charge in [0.1, 0.15) is 5.82 Å². The van der Waals surface area contributed by atoms with E-state index in [4.69, 9.17) is 16.6 Å². The molecule has 1 atom stereocenters. The summed E-state index contributed by atoms with van der Waals surface area (Å²) < 4.78 is 2.17. The predicted molar refractivity (Wildman–Crippen MR) is 112 cm³/mol. The average molecular weight is 422 g/mol. The van der Waals surface area contributed by atoms with Crippen molar-refractivity contribution in [2.24, 2.45) is 0 Å². The number of amides is 2. The second kappa shape index (κ2) is 6.28. The number of benzene rings is 1. The van der Waals surface area contributed by atoms with Crippen molar-refractivity contribution in [3.8, 4) is 0 Å². The van der Waals surface area contributed by atoms with Crippen LogP contribution in [-0.4, -0.2) is 32.9 Å². The number of anilines is 1. The fraction of sp³-hybridized carbons (Fsp3) is 0.364. The van der Waals surface area contributed by atoms with Gasteiger partial charge in [0.15, 0.2) is 0 Å². The van der Waals surface area contributed by atoms with Crippen LogP contribution in [0, 0.1) is 0 Å². The molecule has 3 aliphatic rings. The van der Waals surface area contributed by atoms with Gasteiger partial charge in [-0.1, -0.05) is 11.6 Å². The third kappa shape index (κ3) is 2.51. The Morgan fingerprint density at radius 2 is 2.10 bits per heavy atom. The third-order valence-corrected chi connectivity index (χ3v) is 6.87. The highest BCUT2D eigenvalue weighted by Gasteiger charge is 2.59. The fourth-order valence-corrected chi connectivity index (χ4v) is 5.14. The van der Waals surface area contributed by atoms with Gasteiger partial charge in [-0.3, -0.25) is 14.6 Å². The van der Waals surface area contributed by atoms with E-state index in [1.54, 1.807) is 12.4 Å². The molecule has 152 valence electrons. The van der Waals surface area contributed by atoms with Crippen molar-refractivity contribution in [1.29, 1.82) is 0 Å². The molecule has 1 spiro atoms. The van der Waals surface area contributed by atoms with Gasteiger partial charge in [0, 0.05) is 24.2 Å². The molecule has 1 aliphatic carbocycles. The molecule has 1 saturated heterocycles. The Bertz CT molecular complexity index is 1210. The molecular formula is C22H20ClN5O2. The first kappa shape index (κ1) is 17.9. The number of nitrogens with zero attached hydrogens (tertiary/aromatic N) is 4. The van der Waals surface area contributed by atoms with Crippen molar-refractivity contribution < 1.29 is 9.59 Å². The first-order valence-corrected chi connectivity index (χ1v) is 10.6. The van der Waals surface area contributed by atoms with Gasteiger partial charge in [0.25, 0.3) is 0 Å². The van der Waals surface area contributed by atoms with Gasteiger partial charge in [-0.05, 0) is 49.1 Å². The topological polar surface area (TPSA) is 80.1 Å². The number of carbonyl (C=O) groups is 2. The van der Waals surface area contributed by atoms with Crippen LogP contribution in [0.25, 0.3) is 11.0 Å². The van der Waals surface area contributed by atoms with Crippen LogP contribution in [0.4, 0.5) is 5.69 Å². The number of piperidine rings is 1. The van der Waals surface area contributed by atoms with Gasteiger partial charge in [-0.25, -0.2) is 4.98 Å². The van der Waals surface area contributed by atoms with Crippen molar-refractivity contribution in [2.45, 2.75) is 43.7 Å². The summed E-state index contributed by atoms with van der Waals surface area (Å²) in [6, 6.07) is 7.73. The Kier molecular flexibility index (Phi) is 3.75. The molecule has 2 aliphatic heterocycles. The maximum atomic E-state index is 13.3. The zero-order chi connectivity index (χ0) is 20.5. The van der Waals surface area contributed by atoms with Crippen molar-refractivity contribution in [2.75, 3.05) is 11.4 Å². The fourth-order valence-electron chi connectivity index (χ4n) is 4.98. The van der Waals surface area contributed by atoms with Gasteiger partial charge in [0.05, 0.1) is 40.9 Å². The maximum absolute atomic E-state index is 13.3. The first-order chi connectivity index (χ1) is 14.6. The van der Waals surface area contributed by atoms with Gasteiger partial charge in [0.2, 0.25) is 11.8 Å². The molecule has 7 nitrogen and oxygen atoms in total. The van der Waals surface area contributed by atoms with Crippen LogP contribution in [-0.2, 0) is 21.5 Å². The minimum atomic E-state index is -0.364. The Morgan fingerprint density at radius 1 is 1.23 bits per heavy atom. The van der Waals surface area contributed by atoms with E-state index >= 15 is 0 Å². The standard InChI is InChI=1S/C22H20ClN5O2/c23-13-1-3-17-16(9-13)26-19(28(17)14-2-4-20(29)25-10-14)12-27-18-11-24-8-5-15(18)22(6-7-22)21(27)30/h1,3,5,8-9,11,14H,2,4,6-7,10,12H2,(H,25,29). The molecular weight excluding hydrogens is 402 g/mol. The maximum Gasteiger partial charge on any atom is 0.238 e. The highest BCUT2D eigenvalue weighted by molar-refractivity contribution is 6.31. The first-order valence-electron chi connectivity index (χ1n) is 10.3. The number of halogens is 1. The van der Waals surface area contributed by atoms with Crippen molar-refractivity contribution in [3.05, 3.63) is 53.1 Å². The summed E-state index contributed by atoms with van der Waals surface area (Å²) >= 11 is 6.21. The Hall–Kier alpha value is -2.93. The highest BCUT2D eigenvalue weighted by atomic mass is 35.5. The lowest BCUT2D eigenvalue weighted by atomic mass is 9.99. The van der Waals surface area contributed by atoms with Crippen molar-refractivity contribution in [1.82, 2.24) is 19.9 Å². The molecule has 6 rings (SSSR count). The highest BCUT2D eigenvalue weighted by Crippen LogP contribution is 2.57. The summed E-state index contributed by atoms with van der Waals surface area (Å²) in [7, 11) is 0. The molecule has 0 radical (unpaired) electrons. The third-order valence-electron chi connectivity index (χ3n) is 6.64. The van der Waals surface area contributed by atoms with E-state index in [9.17, 15) is 9.59 Å². The van der Waals surface area contributed by atoms with Crippen LogP contribution in [0.3, 0.4) is 0 Å². The number of hydrogen-bond acceptors (Lipinski definition) is 4. The monoisotopic (exact) mass is 421 g/mol. The number of rotatable bonds is 3. The van der Waals surface area contributed by atoms with E-state index in [0.717, 1.165) is 47.4 Å². The molecule has 0 bridgehead atoms. The smallest absolute Gasteiger partial charge is 0.238 e. The average Bonchev–Trinajstić information content (AvgIpc) is 3.44. The molecule has 8 heteroatoms. The molecule has 2 fully saturated rings. The SMILES string of the molecule is O=C1CCC(n2c(CN3C(=O)C4(CC4)c4ccncc43)nc3cc(Cl)ccc32)CN1. The number of hydrogen-bond donors (Lipinski definition) is 1. The summed E-state index contributed by atoms with van der Waals surface area (Å²) in [5.41, 5.74) is 3.37. The molecule has 3 aromatic rings. The normalized spacial score (nSPS) is 21.9. The minimum absolute atomic E-state index is 0.0747. The number of fused-ring (bicyclic) bond motifs is 3. The second-order valence-corrected chi connectivity index (χ2v) is 8.83. The van der Waals surface area contributed by atoms with E-state index in [1.807, 2.05) is 29.2 Å². The summed E-state index contributed by atoms with van der Waals surface area (Å²) in [6.45, 7) is 0.923. The summed E-state index contributed by atoms with van der Waals surface area (Å²) in [5.74, 6) is 1.01. The van der Waals surface area contributed by atoms with Gasteiger partial charge < -0.3 is 14.8 Å². The molecule has 1 saturated carbocycles. The molecule has 2 amide bonds. The largest absolute Gasteiger partial charge is 0.354 e. The van der Waals surface area contributed by atoms with Gasteiger partial charge >= 0.3 is 0 Å². The number of pyridine rings is 1. The van der Waals surface area contributed by atoms with Crippen LogP contribution >= 0.6 is 11.6 Å². The Balaban J connectivity index is 1.45. The minimum Gasteiger partial charge on any atom is -0.354 e. The van der Waals surface area contributed by atoms with E-state index in [0.29, 0.717) is 24.5 Å². The van der Waals surface area contributed by atoms with Gasteiger partial charge in [-0.2, -0.15) is 0 Å². The van der Waals surface area contributed by atoms with Crippen LogP contribution in [0.1, 0.15) is 43.1 Å². The lowest BCUT2D eigenvalue weighted by Crippen LogP contribution is -2.38. The Labute approximate surface area is 178 Å². The van der Waals surface area contributed by atoms with Crippen LogP contribution < -0.4 is 10.2 Å². The quantitative estimate of drug-likeness (QED) is 0.704. The molecule has 4 heterocycles. The number of nitrogens with one attached hydrogen (secondary N) is 1. The molecule has 1 aromatic carbocycles. The van der Waals surface area contributed by atoms with E-state index in [2.05, 4.69) is 14.9 Å². The van der Waals surface area contributed by atoms with Gasteiger partial charge in [-0.15, -0.1) is 0 Å². The number of imidazole rings is 1. The number of aromatic nitrogens is 3. The molecule has 1 unspecified atom stereocenters. The number of carbonyl (C=O) groups excluding carboxylic acids is 2. The summed E-state index contributed by atoms with van der Waals surface area (Å²) in [5, 5.41) is 3.59. The molecule has 2 aromatic heterocycles. The molecule has 1 N–H and O–H groups in total. The lowest BCUT2D eigenvalue weighted by Gasteiger charge is -2.27. The second-order valence-electron chi connectivity index (χ2n) is 8.39. The van der Waals surface area contributed by atoms with Crippen molar-refractivity contribution >= 4 is 40.1 Å². The lowest BCUT2D eigenvalue weighted by molar-refractivity contribution is -0.122. The van der Waals surface area contributed by atoms with Crippen LogP contribution in [0.5, 0.6) is 0 Å². The van der Waals surface area contributed by atoms with Crippen molar-refractivity contribution in [3.63, 3.8) is 0 Å². The zero-order valence-electron chi connectivity index (χ0n) is 16.3. The molecule has 30 heavy (non-hydrogen) atoms. The van der Waals surface area contributed by atoms with E-state index in [1.165, 1.54) is 0 Å². The van der Waals surface area contributed by atoms with Crippen LogP contribution in [0.15, 0.2) is 36.7 Å². The summed E-state index contributed by atoms with van der Waals surface area (Å²) in [6.07, 6.45) is 6.54. The van der Waals surface area contributed by atoms with E-state index < -0.39 is 0 Å². The van der Waals surface area contributed by atoms with E-state index in [-0.39, 0.29) is 23.3 Å². The zero-order valence-corrected chi connectivity index (χ0v) is 17.0.